The zero-order chi connectivity index (χ0) is 12.8. The molecule has 0 saturated carbocycles. The molecule has 0 N–H and O–H groups in total. The number of rotatable bonds is 5. The van der Waals surface area contributed by atoms with Crippen LogP contribution in [0.25, 0.3) is 0 Å². The van der Waals surface area contributed by atoms with Crippen molar-refractivity contribution in [2.24, 2.45) is 0 Å². The molecule has 0 radical (unpaired) electrons. The lowest BCUT2D eigenvalue weighted by atomic mass is 10.1. The van der Waals surface area contributed by atoms with Gasteiger partial charge in [-0.05, 0) is 18.9 Å². The van der Waals surface area contributed by atoms with Gasteiger partial charge >= 0.3 is 0 Å². The quantitative estimate of drug-likeness (QED) is 0.628. The van der Waals surface area contributed by atoms with Crippen LogP contribution >= 0.6 is 12.6 Å². The lowest BCUT2D eigenvalue weighted by Gasteiger charge is -2.21. The van der Waals surface area contributed by atoms with E-state index in [2.05, 4.69) is 19.2 Å². The van der Waals surface area contributed by atoms with Gasteiger partial charge in [0.15, 0.2) is 0 Å². The summed E-state index contributed by atoms with van der Waals surface area (Å²) >= 11 is 4.38. The van der Waals surface area contributed by atoms with Gasteiger partial charge in [-0.2, -0.15) is 12.6 Å². The van der Waals surface area contributed by atoms with E-state index in [0.717, 1.165) is 11.1 Å². The Balaban J connectivity index is 2.55. The van der Waals surface area contributed by atoms with E-state index in [0.29, 0.717) is 13.0 Å². The molecule has 1 aromatic rings. The van der Waals surface area contributed by atoms with Gasteiger partial charge in [0.25, 0.3) is 0 Å². The molecule has 0 aliphatic heterocycles. The summed E-state index contributed by atoms with van der Waals surface area (Å²) in [4.78, 5) is 13.7. The van der Waals surface area contributed by atoms with E-state index in [-0.39, 0.29) is 11.2 Å². The van der Waals surface area contributed by atoms with Crippen LogP contribution in [0.1, 0.15) is 12.5 Å². The van der Waals surface area contributed by atoms with Crippen molar-refractivity contribution in [3.8, 4) is 0 Å². The largest absolute Gasteiger partial charge is 0.341 e. The van der Waals surface area contributed by atoms with Crippen molar-refractivity contribution >= 4 is 18.5 Å². The van der Waals surface area contributed by atoms with Crippen LogP contribution < -0.4 is 0 Å². The summed E-state index contributed by atoms with van der Waals surface area (Å²) in [5.74, 6) is 0.0418. The molecule has 0 aromatic heterocycles. The number of thiol groups is 1. The molecular weight excluding hydrogens is 230 g/mol. The highest BCUT2D eigenvalue weighted by molar-refractivity contribution is 7.81. The number of likely N-dealkylation sites (N-methyl/N-ethyl adjacent to an activating group) is 1. The normalized spacial score (nSPS) is 11.9. The second kappa shape index (κ2) is 6.50. The van der Waals surface area contributed by atoms with Crippen molar-refractivity contribution in [3.05, 3.63) is 48.0 Å². The molecule has 0 heterocycles. The maximum atomic E-state index is 12.0. The molecule has 0 bridgehead atoms. The standard InChI is InChI=1S/C14H19NOS/c1-11(2)10-15(3)14(16)13(17)9-12-7-5-4-6-8-12/h4-8,13,17H,1,9-10H2,2-3H3. The molecule has 0 fully saturated rings. The van der Waals surface area contributed by atoms with Crippen molar-refractivity contribution in [3.63, 3.8) is 0 Å². The van der Waals surface area contributed by atoms with E-state index in [1.54, 1.807) is 11.9 Å². The Morgan fingerprint density at radius 3 is 2.53 bits per heavy atom. The molecule has 1 unspecified atom stereocenters. The monoisotopic (exact) mass is 249 g/mol. The van der Waals surface area contributed by atoms with E-state index in [1.807, 2.05) is 37.3 Å². The molecule has 1 atom stereocenters. The Morgan fingerprint density at radius 2 is 2.00 bits per heavy atom. The van der Waals surface area contributed by atoms with Gasteiger partial charge in [0.2, 0.25) is 5.91 Å². The minimum atomic E-state index is -0.290. The predicted octanol–water partition coefficient (Wildman–Crippen LogP) is 2.56. The van der Waals surface area contributed by atoms with Crippen LogP contribution in [0.3, 0.4) is 0 Å². The first-order valence-corrected chi connectivity index (χ1v) is 6.13. The van der Waals surface area contributed by atoms with Gasteiger partial charge in [0.1, 0.15) is 0 Å². The van der Waals surface area contributed by atoms with Crippen molar-refractivity contribution in [2.75, 3.05) is 13.6 Å². The average Bonchev–Trinajstić information content (AvgIpc) is 2.28. The van der Waals surface area contributed by atoms with Gasteiger partial charge in [-0.1, -0.05) is 42.5 Å². The fourth-order valence-electron chi connectivity index (χ4n) is 1.66. The summed E-state index contributed by atoms with van der Waals surface area (Å²) in [5.41, 5.74) is 2.10. The van der Waals surface area contributed by atoms with Gasteiger partial charge < -0.3 is 4.90 Å². The van der Waals surface area contributed by atoms with Crippen LogP contribution in [0, 0.1) is 0 Å². The molecule has 0 saturated heterocycles. The fourth-order valence-corrected chi connectivity index (χ4v) is 2.07. The maximum Gasteiger partial charge on any atom is 0.235 e. The fraction of sp³-hybridized carbons (Fsp3) is 0.357. The Bertz CT molecular complexity index is 388. The minimum absolute atomic E-state index is 0.0418. The number of carbonyl (C=O) groups is 1. The van der Waals surface area contributed by atoms with E-state index in [4.69, 9.17) is 0 Å². The number of benzene rings is 1. The second-order valence-electron chi connectivity index (χ2n) is 4.36. The van der Waals surface area contributed by atoms with Crippen LogP contribution in [0.4, 0.5) is 0 Å². The van der Waals surface area contributed by atoms with Gasteiger partial charge in [-0.3, -0.25) is 4.79 Å². The molecular formula is C14H19NOS. The molecule has 1 aromatic carbocycles. The molecule has 3 heteroatoms. The Morgan fingerprint density at radius 1 is 1.41 bits per heavy atom. The molecule has 0 spiro atoms. The number of hydrogen-bond donors (Lipinski definition) is 1. The Kier molecular flexibility index (Phi) is 5.29. The van der Waals surface area contributed by atoms with Crippen LogP contribution in [0.15, 0.2) is 42.5 Å². The zero-order valence-corrected chi connectivity index (χ0v) is 11.3. The topological polar surface area (TPSA) is 20.3 Å². The molecule has 0 aliphatic rings. The number of amides is 1. The highest BCUT2D eigenvalue weighted by atomic mass is 32.1. The molecule has 1 rings (SSSR count). The van der Waals surface area contributed by atoms with Gasteiger partial charge in [0.05, 0.1) is 5.25 Å². The van der Waals surface area contributed by atoms with Crippen LogP contribution in [-0.4, -0.2) is 29.6 Å². The summed E-state index contributed by atoms with van der Waals surface area (Å²) in [5, 5.41) is -0.290. The maximum absolute atomic E-state index is 12.0. The first kappa shape index (κ1) is 13.8. The van der Waals surface area contributed by atoms with E-state index in [9.17, 15) is 4.79 Å². The first-order valence-electron chi connectivity index (χ1n) is 5.62. The number of nitrogens with zero attached hydrogens (tertiary/aromatic N) is 1. The van der Waals surface area contributed by atoms with E-state index < -0.39 is 0 Å². The molecule has 17 heavy (non-hydrogen) atoms. The highest BCUT2D eigenvalue weighted by Gasteiger charge is 2.18. The molecule has 2 nitrogen and oxygen atoms in total. The SMILES string of the molecule is C=C(C)CN(C)C(=O)C(S)Cc1ccccc1. The van der Waals surface area contributed by atoms with Crippen molar-refractivity contribution < 1.29 is 4.79 Å². The number of carbonyl (C=O) groups excluding carboxylic acids is 1. The third kappa shape index (κ3) is 4.65. The Labute approximate surface area is 109 Å². The minimum Gasteiger partial charge on any atom is -0.341 e. The average molecular weight is 249 g/mol. The van der Waals surface area contributed by atoms with Crippen molar-refractivity contribution in [2.45, 2.75) is 18.6 Å². The first-order chi connectivity index (χ1) is 8.00. The Hall–Kier alpha value is -1.22. The van der Waals surface area contributed by atoms with Crippen molar-refractivity contribution in [1.82, 2.24) is 4.90 Å². The van der Waals surface area contributed by atoms with Crippen LogP contribution in [0.5, 0.6) is 0 Å². The lowest BCUT2D eigenvalue weighted by Crippen LogP contribution is -2.35. The highest BCUT2D eigenvalue weighted by Crippen LogP contribution is 2.10. The van der Waals surface area contributed by atoms with Gasteiger partial charge in [-0.15, -0.1) is 0 Å². The third-order valence-electron chi connectivity index (χ3n) is 2.44. The van der Waals surface area contributed by atoms with Gasteiger partial charge in [-0.25, -0.2) is 0 Å². The number of hydrogen-bond acceptors (Lipinski definition) is 2. The summed E-state index contributed by atoms with van der Waals surface area (Å²) in [6.45, 7) is 6.30. The van der Waals surface area contributed by atoms with Crippen molar-refractivity contribution in [1.29, 1.82) is 0 Å². The smallest absolute Gasteiger partial charge is 0.235 e. The predicted molar refractivity (Wildman–Crippen MR) is 75.4 cm³/mol. The lowest BCUT2D eigenvalue weighted by molar-refractivity contribution is -0.128. The van der Waals surface area contributed by atoms with E-state index >= 15 is 0 Å². The molecule has 1 amide bonds. The summed E-state index contributed by atoms with van der Waals surface area (Å²) < 4.78 is 0. The third-order valence-corrected chi connectivity index (χ3v) is 2.84. The van der Waals surface area contributed by atoms with Gasteiger partial charge in [0, 0.05) is 13.6 Å². The zero-order valence-electron chi connectivity index (χ0n) is 10.4. The van der Waals surface area contributed by atoms with Crippen LogP contribution in [0.2, 0.25) is 0 Å². The summed E-state index contributed by atoms with van der Waals surface area (Å²) in [6.07, 6.45) is 0.656. The molecule has 92 valence electrons. The molecule has 0 aliphatic carbocycles. The summed E-state index contributed by atoms with van der Waals surface area (Å²) in [7, 11) is 1.78. The van der Waals surface area contributed by atoms with E-state index in [1.165, 1.54) is 0 Å². The second-order valence-corrected chi connectivity index (χ2v) is 4.98. The summed E-state index contributed by atoms with van der Waals surface area (Å²) in [6, 6.07) is 9.92. The van der Waals surface area contributed by atoms with Crippen LogP contribution in [-0.2, 0) is 11.2 Å².